The first kappa shape index (κ1) is 14.3. The molecule has 1 unspecified atom stereocenters. The minimum absolute atomic E-state index is 0.130. The second-order valence-corrected chi connectivity index (χ2v) is 5.62. The average Bonchev–Trinajstić information content (AvgIpc) is 2.81. The van der Waals surface area contributed by atoms with Crippen LogP contribution in [-0.2, 0) is 0 Å². The first-order valence-corrected chi connectivity index (χ1v) is 7.22. The predicted octanol–water partition coefficient (Wildman–Crippen LogP) is 2.50. The highest BCUT2D eigenvalue weighted by Gasteiger charge is 2.22. The van der Waals surface area contributed by atoms with Gasteiger partial charge in [0.2, 0.25) is 0 Å². The van der Waals surface area contributed by atoms with Gasteiger partial charge in [0, 0.05) is 19.3 Å². The molecule has 0 aliphatic rings. The number of amides is 1. The van der Waals surface area contributed by atoms with Crippen LogP contribution in [0.2, 0.25) is 0 Å². The zero-order valence-electron chi connectivity index (χ0n) is 11.5. The number of rotatable bonds is 4. The first-order chi connectivity index (χ1) is 9.58. The molecule has 104 valence electrons. The van der Waals surface area contributed by atoms with Gasteiger partial charge >= 0.3 is 0 Å². The molecule has 0 aliphatic carbocycles. The highest BCUT2D eigenvalue weighted by molar-refractivity contribution is 7.21. The number of anilines is 1. The number of nitrogens with two attached hydrogens (primary N) is 1. The normalized spacial score (nSPS) is 12.1. The van der Waals surface area contributed by atoms with E-state index in [1.807, 2.05) is 19.1 Å². The third kappa shape index (κ3) is 2.58. The van der Waals surface area contributed by atoms with Crippen molar-refractivity contribution in [2.24, 2.45) is 5.92 Å². The fraction of sp³-hybridized carbons (Fsp3) is 0.357. The minimum atomic E-state index is -0.201. The van der Waals surface area contributed by atoms with Crippen molar-refractivity contribution in [3.8, 4) is 6.07 Å². The third-order valence-electron chi connectivity index (χ3n) is 3.06. The van der Waals surface area contributed by atoms with Crippen molar-refractivity contribution in [3.63, 3.8) is 0 Å². The number of pyridine rings is 1. The topological polar surface area (TPSA) is 83.0 Å². The number of carbonyl (C=O) groups excluding carboxylic acids is 1. The molecule has 0 fully saturated rings. The Morgan fingerprint density at radius 3 is 3.00 bits per heavy atom. The standard InChI is InChI=1S/C14H16N4OS/c1-3-18(8-9(2)7-15)14(19)13-11(16)12-10(20-13)5-4-6-17-12/h4-6,9H,3,8,16H2,1-2H3. The van der Waals surface area contributed by atoms with Crippen molar-refractivity contribution in [1.82, 2.24) is 9.88 Å². The highest BCUT2D eigenvalue weighted by Crippen LogP contribution is 2.32. The summed E-state index contributed by atoms with van der Waals surface area (Å²) in [7, 11) is 0. The van der Waals surface area contributed by atoms with Gasteiger partial charge in [-0.05, 0) is 26.0 Å². The molecule has 5 nitrogen and oxygen atoms in total. The minimum Gasteiger partial charge on any atom is -0.396 e. The number of hydrogen-bond donors (Lipinski definition) is 1. The maximum absolute atomic E-state index is 12.5. The second-order valence-electron chi connectivity index (χ2n) is 4.57. The van der Waals surface area contributed by atoms with Gasteiger partial charge in [0.25, 0.3) is 5.91 Å². The van der Waals surface area contributed by atoms with Crippen LogP contribution in [0, 0.1) is 17.2 Å². The number of nitriles is 1. The Labute approximate surface area is 121 Å². The Bertz CT molecular complexity index is 673. The Balaban J connectivity index is 2.35. The lowest BCUT2D eigenvalue weighted by Crippen LogP contribution is -2.34. The van der Waals surface area contributed by atoms with E-state index in [-0.39, 0.29) is 11.8 Å². The second kappa shape index (κ2) is 5.88. The summed E-state index contributed by atoms with van der Waals surface area (Å²) in [6.45, 7) is 4.65. The molecule has 0 saturated carbocycles. The molecule has 2 heterocycles. The molecule has 1 amide bonds. The monoisotopic (exact) mass is 288 g/mol. The Morgan fingerprint density at radius 1 is 1.65 bits per heavy atom. The number of fused-ring (bicyclic) bond motifs is 1. The van der Waals surface area contributed by atoms with Crippen LogP contribution in [0.1, 0.15) is 23.5 Å². The van der Waals surface area contributed by atoms with E-state index in [1.165, 1.54) is 11.3 Å². The van der Waals surface area contributed by atoms with Crippen molar-refractivity contribution >= 4 is 33.1 Å². The molecule has 2 rings (SSSR count). The molecule has 2 N–H and O–H groups in total. The lowest BCUT2D eigenvalue weighted by atomic mass is 10.2. The van der Waals surface area contributed by atoms with Crippen LogP contribution in [0.3, 0.4) is 0 Å². The van der Waals surface area contributed by atoms with Gasteiger partial charge < -0.3 is 10.6 Å². The molecule has 0 aromatic carbocycles. The van der Waals surface area contributed by atoms with Gasteiger partial charge in [-0.15, -0.1) is 11.3 Å². The quantitative estimate of drug-likeness (QED) is 0.937. The molecule has 20 heavy (non-hydrogen) atoms. The van der Waals surface area contributed by atoms with Gasteiger partial charge in [-0.25, -0.2) is 0 Å². The van der Waals surface area contributed by atoms with Gasteiger partial charge in [0.05, 0.1) is 22.4 Å². The van der Waals surface area contributed by atoms with Crippen LogP contribution in [0.15, 0.2) is 18.3 Å². The van der Waals surface area contributed by atoms with Crippen LogP contribution in [0.25, 0.3) is 10.2 Å². The maximum atomic E-state index is 12.5. The third-order valence-corrected chi connectivity index (χ3v) is 4.21. The average molecular weight is 288 g/mol. The van der Waals surface area contributed by atoms with E-state index in [4.69, 9.17) is 11.0 Å². The zero-order valence-corrected chi connectivity index (χ0v) is 12.3. The van der Waals surface area contributed by atoms with E-state index in [0.29, 0.717) is 29.2 Å². The van der Waals surface area contributed by atoms with Crippen LogP contribution < -0.4 is 5.73 Å². The Morgan fingerprint density at radius 2 is 2.40 bits per heavy atom. The summed E-state index contributed by atoms with van der Waals surface area (Å²) in [5.41, 5.74) is 7.13. The summed E-state index contributed by atoms with van der Waals surface area (Å²) in [6, 6.07) is 5.86. The van der Waals surface area contributed by atoms with Crippen molar-refractivity contribution in [3.05, 3.63) is 23.2 Å². The van der Waals surface area contributed by atoms with E-state index in [2.05, 4.69) is 11.1 Å². The molecule has 0 saturated heterocycles. The maximum Gasteiger partial charge on any atom is 0.266 e. The van der Waals surface area contributed by atoms with Crippen molar-refractivity contribution in [2.45, 2.75) is 13.8 Å². The fourth-order valence-corrected chi connectivity index (χ4v) is 3.03. The van der Waals surface area contributed by atoms with Gasteiger partial charge in [-0.2, -0.15) is 5.26 Å². The molecule has 0 bridgehead atoms. The summed E-state index contributed by atoms with van der Waals surface area (Å²) in [6.07, 6.45) is 1.66. The number of nitrogen functional groups attached to an aromatic ring is 1. The smallest absolute Gasteiger partial charge is 0.266 e. The van der Waals surface area contributed by atoms with Crippen LogP contribution in [0.4, 0.5) is 5.69 Å². The fourth-order valence-electron chi connectivity index (χ4n) is 1.98. The number of nitrogens with zero attached hydrogens (tertiary/aromatic N) is 3. The molecule has 2 aromatic rings. The zero-order chi connectivity index (χ0) is 14.7. The molecule has 0 radical (unpaired) electrons. The molecule has 0 aliphatic heterocycles. The highest BCUT2D eigenvalue weighted by atomic mass is 32.1. The van der Waals surface area contributed by atoms with Gasteiger partial charge in [0.15, 0.2) is 0 Å². The van der Waals surface area contributed by atoms with Crippen molar-refractivity contribution in [2.75, 3.05) is 18.8 Å². The van der Waals surface area contributed by atoms with Crippen LogP contribution in [0.5, 0.6) is 0 Å². The van der Waals surface area contributed by atoms with Crippen LogP contribution in [-0.4, -0.2) is 28.9 Å². The lowest BCUT2D eigenvalue weighted by Gasteiger charge is -2.21. The molecular weight excluding hydrogens is 272 g/mol. The summed E-state index contributed by atoms with van der Waals surface area (Å²) >= 11 is 1.35. The number of hydrogen-bond acceptors (Lipinski definition) is 5. The Kier molecular flexibility index (Phi) is 4.20. The molecule has 1 atom stereocenters. The Hall–Kier alpha value is -2.13. The lowest BCUT2D eigenvalue weighted by molar-refractivity contribution is 0.0758. The summed E-state index contributed by atoms with van der Waals surface area (Å²) in [5, 5.41) is 8.88. The SMILES string of the molecule is CCN(CC(C)C#N)C(=O)c1sc2cccnc2c1N. The number of thiophene rings is 1. The van der Waals surface area contributed by atoms with E-state index in [0.717, 1.165) is 4.70 Å². The predicted molar refractivity (Wildman–Crippen MR) is 80.4 cm³/mol. The van der Waals surface area contributed by atoms with E-state index in [9.17, 15) is 4.79 Å². The summed E-state index contributed by atoms with van der Waals surface area (Å²) in [4.78, 5) is 18.9. The molecule has 6 heteroatoms. The van der Waals surface area contributed by atoms with E-state index >= 15 is 0 Å². The van der Waals surface area contributed by atoms with Gasteiger partial charge in [-0.3, -0.25) is 9.78 Å². The van der Waals surface area contributed by atoms with E-state index < -0.39 is 0 Å². The van der Waals surface area contributed by atoms with Gasteiger partial charge in [0.1, 0.15) is 10.4 Å². The number of aromatic nitrogens is 1. The van der Waals surface area contributed by atoms with Crippen molar-refractivity contribution < 1.29 is 4.79 Å². The summed E-state index contributed by atoms with van der Waals surface area (Å²) in [5.74, 6) is -0.331. The van der Waals surface area contributed by atoms with Crippen molar-refractivity contribution in [1.29, 1.82) is 5.26 Å². The van der Waals surface area contributed by atoms with E-state index in [1.54, 1.807) is 18.0 Å². The van der Waals surface area contributed by atoms with Gasteiger partial charge in [-0.1, -0.05) is 0 Å². The molecular formula is C14H16N4OS. The molecule has 2 aromatic heterocycles. The first-order valence-electron chi connectivity index (χ1n) is 6.40. The number of carbonyl (C=O) groups is 1. The van der Waals surface area contributed by atoms with Crippen LogP contribution >= 0.6 is 11.3 Å². The summed E-state index contributed by atoms with van der Waals surface area (Å²) < 4.78 is 0.901. The largest absolute Gasteiger partial charge is 0.396 e. The molecule has 0 spiro atoms.